The summed E-state index contributed by atoms with van der Waals surface area (Å²) in [6.45, 7) is 0. The van der Waals surface area contributed by atoms with Gasteiger partial charge in [0.1, 0.15) is 28.7 Å². The van der Waals surface area contributed by atoms with Crippen LogP contribution in [-0.4, -0.2) is 32.1 Å². The maximum atomic E-state index is 11.1. The van der Waals surface area contributed by atoms with Crippen LogP contribution in [0.4, 0.5) is 5.69 Å². The molecule has 1 heterocycles. The summed E-state index contributed by atoms with van der Waals surface area (Å²) in [5.41, 5.74) is 3.44. The third-order valence-corrected chi connectivity index (χ3v) is 6.26. The van der Waals surface area contributed by atoms with Crippen molar-refractivity contribution >= 4 is 22.2 Å². The second-order valence-corrected chi connectivity index (χ2v) is 8.10. The second kappa shape index (κ2) is 8.98. The lowest BCUT2D eigenvalue weighted by Crippen LogP contribution is -2.19. The van der Waals surface area contributed by atoms with Crippen LogP contribution in [0.15, 0.2) is 84.0 Å². The lowest BCUT2D eigenvalue weighted by atomic mass is 9.96. The van der Waals surface area contributed by atoms with Gasteiger partial charge in [-0.2, -0.15) is 5.10 Å². The van der Waals surface area contributed by atoms with Crippen molar-refractivity contribution in [3.63, 3.8) is 0 Å². The number of hydrazone groups is 1. The van der Waals surface area contributed by atoms with Crippen molar-refractivity contribution in [1.82, 2.24) is 0 Å². The Morgan fingerprint density at radius 2 is 1.56 bits per heavy atom. The predicted octanol–water partition coefficient (Wildman–Crippen LogP) is 5.93. The summed E-state index contributed by atoms with van der Waals surface area (Å²) >= 11 is 0. The van der Waals surface area contributed by atoms with E-state index in [1.807, 2.05) is 83.9 Å². The molecule has 0 radical (unpaired) electrons. The Bertz CT molecular complexity index is 1360. The van der Waals surface area contributed by atoms with Gasteiger partial charge in [0.15, 0.2) is 0 Å². The first-order chi connectivity index (χ1) is 16.6. The van der Waals surface area contributed by atoms with Crippen LogP contribution in [0.1, 0.15) is 23.6 Å². The number of hydrogen-bond donors (Lipinski definition) is 1. The van der Waals surface area contributed by atoms with Gasteiger partial charge in [0.25, 0.3) is 0 Å². The van der Waals surface area contributed by atoms with E-state index in [2.05, 4.69) is 0 Å². The van der Waals surface area contributed by atoms with Crippen LogP contribution in [0.3, 0.4) is 0 Å². The average Bonchev–Trinajstić information content (AvgIpc) is 3.33. The highest BCUT2D eigenvalue weighted by molar-refractivity contribution is 6.09. The molecule has 1 N–H and O–H groups in total. The molecule has 172 valence electrons. The van der Waals surface area contributed by atoms with E-state index in [0.717, 1.165) is 39.0 Å². The summed E-state index contributed by atoms with van der Waals surface area (Å²) in [6, 6.07) is 25.4. The largest absolute Gasteiger partial charge is 0.507 e. The quantitative estimate of drug-likeness (QED) is 0.391. The standard InChI is InChI=1S/C28H26N2O4/c1-32-20-11-8-19(9-12-20)26-17-24(23-14-10-18-6-4-5-7-22(18)28(23)31)29-30(26)25-15-13-21(33-2)16-27(25)34-3/h4-16,26,31H,17H2,1-3H3. The number of ether oxygens (including phenoxy) is 3. The first-order valence-electron chi connectivity index (χ1n) is 11.1. The molecule has 4 aromatic carbocycles. The van der Waals surface area contributed by atoms with Crippen LogP contribution in [0.5, 0.6) is 23.0 Å². The van der Waals surface area contributed by atoms with E-state index in [9.17, 15) is 5.11 Å². The van der Waals surface area contributed by atoms with E-state index in [4.69, 9.17) is 19.3 Å². The number of aromatic hydroxyl groups is 1. The fourth-order valence-corrected chi connectivity index (χ4v) is 4.44. The van der Waals surface area contributed by atoms with Crippen LogP contribution >= 0.6 is 0 Å². The third-order valence-electron chi connectivity index (χ3n) is 6.26. The van der Waals surface area contributed by atoms with Crippen LogP contribution in [0, 0.1) is 0 Å². The molecule has 0 saturated heterocycles. The minimum atomic E-state index is -0.0888. The Balaban J connectivity index is 1.63. The van der Waals surface area contributed by atoms with Crippen molar-refractivity contribution in [2.75, 3.05) is 26.3 Å². The fraction of sp³-hybridized carbons (Fsp3) is 0.179. The van der Waals surface area contributed by atoms with Crippen molar-refractivity contribution in [2.24, 2.45) is 5.10 Å². The molecule has 0 amide bonds. The molecule has 0 spiro atoms. The molecule has 0 fully saturated rings. The maximum absolute atomic E-state index is 11.1. The molecule has 6 heteroatoms. The molecule has 5 rings (SSSR count). The van der Waals surface area contributed by atoms with Gasteiger partial charge < -0.3 is 19.3 Å². The predicted molar refractivity (Wildman–Crippen MR) is 135 cm³/mol. The minimum absolute atomic E-state index is 0.0888. The normalized spacial score (nSPS) is 15.3. The van der Waals surface area contributed by atoms with Gasteiger partial charge >= 0.3 is 0 Å². The molecule has 0 aromatic heterocycles. The zero-order chi connectivity index (χ0) is 23.7. The smallest absolute Gasteiger partial charge is 0.147 e. The molecule has 1 aliphatic rings. The zero-order valence-corrected chi connectivity index (χ0v) is 19.4. The zero-order valence-electron chi connectivity index (χ0n) is 19.4. The Kier molecular flexibility index (Phi) is 5.72. The number of hydrogen-bond acceptors (Lipinski definition) is 6. The van der Waals surface area contributed by atoms with Crippen LogP contribution in [0.2, 0.25) is 0 Å². The van der Waals surface area contributed by atoms with Gasteiger partial charge in [-0.05, 0) is 41.3 Å². The summed E-state index contributed by atoms with van der Waals surface area (Å²) < 4.78 is 16.4. The molecule has 4 aromatic rings. The SMILES string of the molecule is COc1ccc(C2CC(c3ccc4ccccc4c3O)=NN2c2ccc(OC)cc2OC)cc1. The second-order valence-electron chi connectivity index (χ2n) is 8.10. The number of phenolic OH excluding ortho intramolecular Hbond substituents is 1. The van der Waals surface area contributed by atoms with E-state index >= 15 is 0 Å². The molecule has 0 bridgehead atoms. The molecular weight excluding hydrogens is 428 g/mol. The van der Waals surface area contributed by atoms with E-state index in [0.29, 0.717) is 17.9 Å². The summed E-state index contributed by atoms with van der Waals surface area (Å²) in [4.78, 5) is 0. The third kappa shape index (κ3) is 3.77. The molecule has 34 heavy (non-hydrogen) atoms. The van der Waals surface area contributed by atoms with Crippen LogP contribution < -0.4 is 19.2 Å². The van der Waals surface area contributed by atoms with E-state index in [1.54, 1.807) is 21.3 Å². The summed E-state index contributed by atoms with van der Waals surface area (Å²) in [5.74, 6) is 2.40. The molecule has 1 atom stereocenters. The Morgan fingerprint density at radius 1 is 0.824 bits per heavy atom. The highest BCUT2D eigenvalue weighted by Gasteiger charge is 2.33. The van der Waals surface area contributed by atoms with Crippen molar-refractivity contribution in [1.29, 1.82) is 0 Å². The number of phenols is 1. The first kappa shape index (κ1) is 21.6. The van der Waals surface area contributed by atoms with Crippen LogP contribution in [-0.2, 0) is 0 Å². The number of rotatable bonds is 6. The summed E-state index contributed by atoms with van der Waals surface area (Å²) in [6.07, 6.45) is 0.618. The Hall–Kier alpha value is -4.19. The van der Waals surface area contributed by atoms with Gasteiger partial charge in [0.2, 0.25) is 0 Å². The molecule has 0 saturated carbocycles. The van der Waals surface area contributed by atoms with Crippen molar-refractivity contribution < 1.29 is 19.3 Å². The first-order valence-corrected chi connectivity index (χ1v) is 11.1. The summed E-state index contributed by atoms with van der Waals surface area (Å²) in [7, 11) is 4.92. The molecule has 1 unspecified atom stereocenters. The average molecular weight is 455 g/mol. The molecule has 1 aliphatic heterocycles. The van der Waals surface area contributed by atoms with Gasteiger partial charge in [-0.15, -0.1) is 0 Å². The van der Waals surface area contributed by atoms with Gasteiger partial charge in [-0.3, -0.25) is 5.01 Å². The van der Waals surface area contributed by atoms with E-state index < -0.39 is 0 Å². The fourth-order valence-electron chi connectivity index (χ4n) is 4.44. The van der Waals surface area contributed by atoms with Gasteiger partial charge in [-0.25, -0.2) is 0 Å². The molecular formula is C28H26N2O4. The van der Waals surface area contributed by atoms with Crippen molar-refractivity contribution in [3.05, 3.63) is 90.0 Å². The number of fused-ring (bicyclic) bond motifs is 1. The monoisotopic (exact) mass is 454 g/mol. The lowest BCUT2D eigenvalue weighted by Gasteiger charge is -2.26. The van der Waals surface area contributed by atoms with Gasteiger partial charge in [0, 0.05) is 23.4 Å². The van der Waals surface area contributed by atoms with Gasteiger partial charge in [0.05, 0.1) is 33.1 Å². The minimum Gasteiger partial charge on any atom is -0.507 e. The van der Waals surface area contributed by atoms with Crippen LogP contribution in [0.25, 0.3) is 10.8 Å². The maximum Gasteiger partial charge on any atom is 0.147 e. The number of nitrogens with zero attached hydrogens (tertiary/aromatic N) is 2. The molecule has 0 aliphatic carbocycles. The van der Waals surface area contributed by atoms with E-state index in [-0.39, 0.29) is 11.8 Å². The van der Waals surface area contributed by atoms with Crippen molar-refractivity contribution in [3.8, 4) is 23.0 Å². The topological polar surface area (TPSA) is 63.5 Å². The number of methoxy groups -OCH3 is 3. The van der Waals surface area contributed by atoms with E-state index in [1.165, 1.54) is 0 Å². The summed E-state index contributed by atoms with van der Waals surface area (Å²) in [5, 5.41) is 19.9. The number of benzene rings is 4. The number of anilines is 1. The van der Waals surface area contributed by atoms with Gasteiger partial charge in [-0.1, -0.05) is 42.5 Å². The lowest BCUT2D eigenvalue weighted by molar-refractivity contribution is 0.393. The molecule has 6 nitrogen and oxygen atoms in total. The highest BCUT2D eigenvalue weighted by Crippen LogP contribution is 2.43. The Labute approximate surface area is 198 Å². The van der Waals surface area contributed by atoms with Crippen molar-refractivity contribution in [2.45, 2.75) is 12.5 Å². The Morgan fingerprint density at radius 3 is 2.29 bits per heavy atom. The highest BCUT2D eigenvalue weighted by atomic mass is 16.5.